The second kappa shape index (κ2) is 6.76. The summed E-state index contributed by atoms with van der Waals surface area (Å²) in [7, 11) is 1.46. The summed E-state index contributed by atoms with van der Waals surface area (Å²) in [5, 5.41) is 9.52. The van der Waals surface area contributed by atoms with Crippen molar-refractivity contribution in [3.05, 3.63) is 22.5 Å². The second-order valence-electron chi connectivity index (χ2n) is 6.38. The maximum absolute atomic E-state index is 12.9. The molecule has 2 N–H and O–H groups in total. The molecule has 1 fully saturated rings. The number of carboxylic acids is 1. The fourth-order valence-electron chi connectivity index (χ4n) is 3.52. The molecule has 1 atom stereocenters. The van der Waals surface area contributed by atoms with E-state index in [2.05, 4.69) is 4.98 Å². The van der Waals surface area contributed by atoms with Gasteiger partial charge in [0.15, 0.2) is 5.78 Å². The van der Waals surface area contributed by atoms with E-state index in [-0.39, 0.29) is 24.8 Å². The maximum Gasteiger partial charge on any atom is 0.313 e. The zero-order chi connectivity index (χ0) is 18.1. The number of amides is 1. The van der Waals surface area contributed by atoms with Gasteiger partial charge in [0.05, 0.1) is 6.61 Å². The molecule has 1 aromatic heterocycles. The van der Waals surface area contributed by atoms with Crippen LogP contribution in [0.15, 0.2) is 0 Å². The summed E-state index contributed by atoms with van der Waals surface area (Å²) in [6.45, 7) is 5.66. The quantitative estimate of drug-likeness (QED) is 0.770. The largest absolute Gasteiger partial charge is 0.481 e. The first kappa shape index (κ1) is 18.2. The van der Waals surface area contributed by atoms with Crippen LogP contribution in [-0.4, -0.2) is 59.5 Å². The number of aryl methyl sites for hydroxylation is 1. The van der Waals surface area contributed by atoms with E-state index in [1.807, 2.05) is 6.92 Å². The van der Waals surface area contributed by atoms with Crippen LogP contribution in [0.5, 0.6) is 0 Å². The van der Waals surface area contributed by atoms with Gasteiger partial charge in [-0.25, -0.2) is 0 Å². The van der Waals surface area contributed by atoms with Crippen LogP contribution in [0.2, 0.25) is 0 Å². The second-order valence-corrected chi connectivity index (χ2v) is 6.38. The first-order valence-electron chi connectivity index (χ1n) is 8.01. The summed E-state index contributed by atoms with van der Waals surface area (Å²) in [5.41, 5.74) is 1.25. The van der Waals surface area contributed by atoms with E-state index in [0.29, 0.717) is 41.9 Å². The van der Waals surface area contributed by atoms with Gasteiger partial charge in [0.1, 0.15) is 11.1 Å². The third kappa shape index (κ3) is 2.96. The number of carbonyl (C=O) groups excluding carboxylic acids is 2. The Balaban J connectivity index is 2.33. The minimum absolute atomic E-state index is 0.0647. The Labute approximate surface area is 141 Å². The first-order chi connectivity index (χ1) is 11.3. The number of likely N-dealkylation sites (tertiary alicyclic amines) is 1. The Bertz CT molecular complexity index is 679. The number of aromatic amines is 1. The normalized spacial score (nSPS) is 20.4. The van der Waals surface area contributed by atoms with E-state index in [0.717, 1.165) is 0 Å². The number of H-pyrrole nitrogens is 1. The van der Waals surface area contributed by atoms with Gasteiger partial charge >= 0.3 is 5.97 Å². The Kier molecular flexibility index (Phi) is 5.13. The van der Waals surface area contributed by atoms with Gasteiger partial charge in [-0.3, -0.25) is 14.4 Å². The van der Waals surface area contributed by atoms with Crippen molar-refractivity contribution in [2.24, 2.45) is 5.41 Å². The van der Waals surface area contributed by atoms with Crippen molar-refractivity contribution in [2.45, 2.75) is 33.6 Å². The number of hydrogen-bond donors (Lipinski definition) is 2. The highest BCUT2D eigenvalue weighted by atomic mass is 16.5. The number of nitrogens with zero attached hydrogens (tertiary/aromatic N) is 1. The lowest BCUT2D eigenvalue weighted by atomic mass is 9.88. The lowest BCUT2D eigenvalue weighted by molar-refractivity contribution is -0.151. The summed E-state index contributed by atoms with van der Waals surface area (Å²) in [4.78, 5) is 40.9. The van der Waals surface area contributed by atoms with Crippen molar-refractivity contribution in [1.82, 2.24) is 9.88 Å². The Hall–Kier alpha value is -2.15. The Morgan fingerprint density at radius 1 is 1.38 bits per heavy atom. The van der Waals surface area contributed by atoms with Gasteiger partial charge in [-0.15, -0.1) is 0 Å². The maximum atomic E-state index is 12.9. The zero-order valence-electron chi connectivity index (χ0n) is 14.6. The number of carboxylic acid groups (broad SMARTS) is 1. The van der Waals surface area contributed by atoms with E-state index in [1.165, 1.54) is 18.9 Å². The average Bonchev–Trinajstić information content (AvgIpc) is 3.09. The number of hydrogen-bond acceptors (Lipinski definition) is 4. The number of methoxy groups -OCH3 is 1. The fraction of sp³-hybridized carbons (Fsp3) is 0.588. The number of ketones is 1. The third-order valence-corrected chi connectivity index (χ3v) is 4.73. The van der Waals surface area contributed by atoms with Gasteiger partial charge in [0.2, 0.25) is 0 Å². The van der Waals surface area contributed by atoms with Gasteiger partial charge in [-0.05, 0) is 32.3 Å². The summed E-state index contributed by atoms with van der Waals surface area (Å²) in [5.74, 6) is -1.30. The predicted molar refractivity (Wildman–Crippen MR) is 87.4 cm³/mol. The van der Waals surface area contributed by atoms with E-state index in [4.69, 9.17) is 4.74 Å². The van der Waals surface area contributed by atoms with Crippen molar-refractivity contribution in [2.75, 3.05) is 26.8 Å². The molecule has 0 saturated carbocycles. The number of ether oxygens (including phenoxy) is 1. The number of rotatable bonds is 6. The molecule has 2 heterocycles. The monoisotopic (exact) mass is 336 g/mol. The summed E-state index contributed by atoms with van der Waals surface area (Å²) in [6, 6.07) is 0. The molecule has 1 aliphatic rings. The molecule has 1 saturated heterocycles. The molecule has 0 bridgehead atoms. The van der Waals surface area contributed by atoms with Crippen LogP contribution in [0, 0.1) is 12.3 Å². The van der Waals surface area contributed by atoms with Crippen LogP contribution in [0.1, 0.15) is 52.4 Å². The molecule has 0 spiro atoms. The molecule has 0 aromatic carbocycles. The van der Waals surface area contributed by atoms with E-state index in [9.17, 15) is 19.5 Å². The van der Waals surface area contributed by atoms with Crippen LogP contribution in [-0.2, 0) is 16.0 Å². The van der Waals surface area contributed by atoms with Gasteiger partial charge in [-0.2, -0.15) is 0 Å². The average molecular weight is 336 g/mol. The van der Waals surface area contributed by atoms with Crippen molar-refractivity contribution in [3.8, 4) is 0 Å². The molecular weight excluding hydrogens is 312 g/mol. The lowest BCUT2D eigenvalue weighted by Crippen LogP contribution is -2.40. The zero-order valence-corrected chi connectivity index (χ0v) is 14.6. The summed E-state index contributed by atoms with van der Waals surface area (Å²) in [6.07, 6.45) is 0.902. The van der Waals surface area contributed by atoms with E-state index < -0.39 is 11.4 Å². The molecule has 0 aliphatic carbocycles. The van der Waals surface area contributed by atoms with Crippen molar-refractivity contribution in [3.63, 3.8) is 0 Å². The van der Waals surface area contributed by atoms with Crippen LogP contribution in [0.4, 0.5) is 0 Å². The molecule has 7 nitrogen and oxygen atoms in total. The first-order valence-corrected chi connectivity index (χ1v) is 8.01. The highest BCUT2D eigenvalue weighted by Crippen LogP contribution is 2.33. The molecular formula is C17H24N2O5. The Morgan fingerprint density at radius 2 is 2.04 bits per heavy atom. The summed E-state index contributed by atoms with van der Waals surface area (Å²) < 4.78 is 5.05. The van der Waals surface area contributed by atoms with E-state index in [1.54, 1.807) is 6.92 Å². The number of carbonyl (C=O) groups is 3. The smallest absolute Gasteiger partial charge is 0.313 e. The van der Waals surface area contributed by atoms with Crippen LogP contribution in [0.3, 0.4) is 0 Å². The van der Waals surface area contributed by atoms with Crippen LogP contribution >= 0.6 is 0 Å². The van der Waals surface area contributed by atoms with Crippen molar-refractivity contribution in [1.29, 1.82) is 0 Å². The number of aliphatic carboxylic acids is 1. The van der Waals surface area contributed by atoms with Gasteiger partial charge in [0.25, 0.3) is 5.91 Å². The molecule has 1 aromatic rings. The molecule has 24 heavy (non-hydrogen) atoms. The molecule has 0 radical (unpaired) electrons. The molecule has 7 heteroatoms. The minimum atomic E-state index is -1.07. The fourth-order valence-corrected chi connectivity index (χ4v) is 3.52. The SMILES string of the molecule is CCc1c(C(=O)N2CCC(COC)(C(=O)O)C2)[nH]c(C)c1C(C)=O. The highest BCUT2D eigenvalue weighted by Gasteiger charge is 2.47. The van der Waals surface area contributed by atoms with Crippen LogP contribution < -0.4 is 0 Å². The van der Waals surface area contributed by atoms with Crippen molar-refractivity contribution >= 4 is 17.7 Å². The number of Topliss-reactive ketones (excluding diaryl/α,β-unsaturated/α-hetero) is 1. The number of nitrogens with one attached hydrogen (secondary N) is 1. The van der Waals surface area contributed by atoms with Gasteiger partial charge < -0.3 is 19.7 Å². The molecule has 132 valence electrons. The molecule has 2 rings (SSSR count). The summed E-state index contributed by atoms with van der Waals surface area (Å²) >= 11 is 0. The van der Waals surface area contributed by atoms with E-state index >= 15 is 0 Å². The molecule has 1 amide bonds. The van der Waals surface area contributed by atoms with Crippen molar-refractivity contribution < 1.29 is 24.2 Å². The lowest BCUT2D eigenvalue weighted by Gasteiger charge is -2.23. The van der Waals surface area contributed by atoms with Gasteiger partial charge in [-0.1, -0.05) is 6.92 Å². The topological polar surface area (TPSA) is 99.7 Å². The number of aromatic nitrogens is 1. The standard InChI is InChI=1S/C17H24N2O5/c1-5-12-13(11(3)20)10(2)18-14(12)15(21)19-7-6-17(8-19,9-24-4)16(22)23/h18H,5-9H2,1-4H3,(H,22,23). The highest BCUT2D eigenvalue weighted by molar-refractivity contribution is 6.03. The van der Waals surface area contributed by atoms with Crippen LogP contribution in [0.25, 0.3) is 0 Å². The Morgan fingerprint density at radius 3 is 2.54 bits per heavy atom. The third-order valence-electron chi connectivity index (χ3n) is 4.73. The minimum Gasteiger partial charge on any atom is -0.481 e. The predicted octanol–water partition coefficient (Wildman–Crippen LogP) is 1.65. The molecule has 1 aliphatic heterocycles. The van der Waals surface area contributed by atoms with Gasteiger partial charge in [0, 0.05) is 31.5 Å². The molecule has 1 unspecified atom stereocenters.